The molecule has 1 saturated heterocycles. The molecule has 4 nitrogen and oxygen atoms in total. The maximum Gasteiger partial charge on any atom is 0.416 e. The van der Waals surface area contributed by atoms with E-state index >= 15 is 0 Å². The molecule has 0 saturated carbocycles. The Bertz CT molecular complexity index is 613. The first kappa shape index (κ1) is 21.2. The summed E-state index contributed by atoms with van der Waals surface area (Å²) in [5.74, 6) is 0.488. The van der Waals surface area contributed by atoms with Crippen molar-refractivity contribution in [1.29, 1.82) is 0 Å². The van der Waals surface area contributed by atoms with Crippen molar-refractivity contribution >= 4 is 22.4 Å². The van der Waals surface area contributed by atoms with E-state index in [2.05, 4.69) is 5.32 Å². The van der Waals surface area contributed by atoms with Gasteiger partial charge in [-0.15, -0.1) is 12.4 Å². The summed E-state index contributed by atoms with van der Waals surface area (Å²) in [6.45, 7) is 1.73. The SMILES string of the molecule is CNCCC1CCN(S(=O)(=O)c2ccc(C(F)(F)F)cc2)CC1.Cl. The van der Waals surface area contributed by atoms with E-state index in [1.54, 1.807) is 0 Å². The summed E-state index contributed by atoms with van der Waals surface area (Å²) in [6.07, 6.45) is -1.90. The highest BCUT2D eigenvalue weighted by Gasteiger charge is 2.32. The van der Waals surface area contributed by atoms with Crippen LogP contribution in [0.3, 0.4) is 0 Å². The van der Waals surface area contributed by atoms with Gasteiger partial charge in [-0.1, -0.05) is 0 Å². The van der Waals surface area contributed by atoms with Crippen LogP contribution < -0.4 is 5.32 Å². The fourth-order valence-electron chi connectivity index (χ4n) is 2.75. The van der Waals surface area contributed by atoms with E-state index in [9.17, 15) is 21.6 Å². The summed E-state index contributed by atoms with van der Waals surface area (Å²) < 4.78 is 64.0. The smallest absolute Gasteiger partial charge is 0.320 e. The van der Waals surface area contributed by atoms with Gasteiger partial charge in [0.05, 0.1) is 10.5 Å². The van der Waals surface area contributed by atoms with E-state index in [0.29, 0.717) is 19.0 Å². The van der Waals surface area contributed by atoms with E-state index < -0.39 is 21.8 Å². The fraction of sp³-hybridized carbons (Fsp3) is 0.600. The van der Waals surface area contributed by atoms with Crippen LogP contribution in [0.15, 0.2) is 29.2 Å². The molecule has 0 radical (unpaired) electrons. The van der Waals surface area contributed by atoms with Gasteiger partial charge < -0.3 is 5.32 Å². The molecule has 2 rings (SSSR count). The minimum Gasteiger partial charge on any atom is -0.320 e. The molecule has 1 heterocycles. The number of nitrogens with one attached hydrogen (secondary N) is 1. The van der Waals surface area contributed by atoms with Crippen LogP contribution in [0.1, 0.15) is 24.8 Å². The van der Waals surface area contributed by atoms with Crippen molar-refractivity contribution in [2.75, 3.05) is 26.7 Å². The first-order valence-electron chi connectivity index (χ1n) is 7.57. The van der Waals surface area contributed by atoms with Gasteiger partial charge in [0.15, 0.2) is 0 Å². The molecule has 0 amide bonds. The Hall–Kier alpha value is -0.830. The Labute approximate surface area is 146 Å². The maximum absolute atomic E-state index is 12.6. The molecule has 0 spiro atoms. The summed E-state index contributed by atoms with van der Waals surface area (Å²) in [5.41, 5.74) is -0.845. The Balaban J connectivity index is 0.00000288. The highest BCUT2D eigenvalue weighted by atomic mass is 35.5. The van der Waals surface area contributed by atoms with E-state index in [1.165, 1.54) is 4.31 Å². The maximum atomic E-state index is 12.6. The Morgan fingerprint density at radius 3 is 2.17 bits per heavy atom. The molecule has 1 aromatic rings. The standard InChI is InChI=1S/C15H21F3N2O2S.ClH/c1-19-9-6-12-7-10-20(11-8-12)23(21,22)14-4-2-13(3-5-14)15(16,17)18;/h2-5,12,19H,6-11H2,1H3;1H. The summed E-state index contributed by atoms with van der Waals surface area (Å²) in [6, 6.07) is 3.69. The summed E-state index contributed by atoms with van der Waals surface area (Å²) >= 11 is 0. The van der Waals surface area contributed by atoms with Crippen LogP contribution in [0.2, 0.25) is 0 Å². The normalized spacial score (nSPS) is 17.5. The number of piperidine rings is 1. The Kier molecular flexibility index (Phi) is 7.52. The van der Waals surface area contributed by atoms with E-state index in [-0.39, 0.29) is 17.3 Å². The number of sulfonamides is 1. The molecule has 138 valence electrons. The molecule has 1 aromatic carbocycles. The topological polar surface area (TPSA) is 49.4 Å². The average Bonchev–Trinajstić information content (AvgIpc) is 2.52. The molecule has 1 fully saturated rings. The van der Waals surface area contributed by atoms with Gasteiger partial charge in [-0.05, 0) is 63.0 Å². The zero-order valence-corrected chi connectivity index (χ0v) is 15.0. The predicted molar refractivity (Wildman–Crippen MR) is 88.7 cm³/mol. The van der Waals surface area contributed by atoms with Crippen molar-refractivity contribution in [2.24, 2.45) is 5.92 Å². The predicted octanol–water partition coefficient (Wildman–Crippen LogP) is 3.14. The van der Waals surface area contributed by atoms with Gasteiger partial charge in [0.2, 0.25) is 10.0 Å². The van der Waals surface area contributed by atoms with Gasteiger partial charge >= 0.3 is 6.18 Å². The third-order valence-corrected chi connectivity index (χ3v) is 6.11. The number of benzene rings is 1. The minimum atomic E-state index is -4.46. The van der Waals surface area contributed by atoms with Crippen LogP contribution in [-0.4, -0.2) is 39.4 Å². The molecule has 0 unspecified atom stereocenters. The first-order valence-corrected chi connectivity index (χ1v) is 9.01. The fourth-order valence-corrected chi connectivity index (χ4v) is 4.22. The van der Waals surface area contributed by atoms with Crippen LogP contribution in [-0.2, 0) is 16.2 Å². The summed E-state index contributed by atoms with van der Waals surface area (Å²) in [5, 5.41) is 3.08. The second-order valence-corrected chi connectivity index (χ2v) is 7.70. The lowest BCUT2D eigenvalue weighted by atomic mass is 9.95. The van der Waals surface area contributed by atoms with Gasteiger partial charge in [0.1, 0.15) is 0 Å². The lowest BCUT2D eigenvalue weighted by Crippen LogP contribution is -2.38. The lowest BCUT2D eigenvalue weighted by molar-refractivity contribution is -0.137. The largest absolute Gasteiger partial charge is 0.416 e. The quantitative estimate of drug-likeness (QED) is 0.845. The first-order chi connectivity index (χ1) is 10.7. The van der Waals surface area contributed by atoms with Gasteiger partial charge in [-0.25, -0.2) is 8.42 Å². The highest BCUT2D eigenvalue weighted by molar-refractivity contribution is 7.89. The molecular weight excluding hydrogens is 365 g/mol. The second kappa shape index (κ2) is 8.51. The van der Waals surface area contributed by atoms with E-state index in [0.717, 1.165) is 50.1 Å². The van der Waals surface area contributed by atoms with Crippen LogP contribution >= 0.6 is 12.4 Å². The van der Waals surface area contributed by atoms with Crippen molar-refractivity contribution in [3.05, 3.63) is 29.8 Å². The number of halogens is 4. The Morgan fingerprint density at radius 1 is 1.17 bits per heavy atom. The molecule has 1 aliphatic heterocycles. The van der Waals surface area contributed by atoms with Gasteiger partial charge in [0, 0.05) is 13.1 Å². The summed E-state index contributed by atoms with van der Waals surface area (Å²) in [7, 11) is -1.84. The molecular formula is C15H22ClF3N2O2S. The highest BCUT2D eigenvalue weighted by Crippen LogP contribution is 2.31. The van der Waals surface area contributed by atoms with Crippen LogP contribution in [0.5, 0.6) is 0 Å². The number of rotatable bonds is 5. The molecule has 9 heteroatoms. The van der Waals surface area contributed by atoms with Crippen molar-refractivity contribution in [3.63, 3.8) is 0 Å². The van der Waals surface area contributed by atoms with Crippen LogP contribution in [0.25, 0.3) is 0 Å². The average molecular weight is 387 g/mol. The molecule has 0 atom stereocenters. The zero-order valence-electron chi connectivity index (χ0n) is 13.3. The van der Waals surface area contributed by atoms with Crippen molar-refractivity contribution < 1.29 is 21.6 Å². The Morgan fingerprint density at radius 2 is 1.71 bits per heavy atom. The van der Waals surface area contributed by atoms with Crippen molar-refractivity contribution in [2.45, 2.75) is 30.3 Å². The van der Waals surface area contributed by atoms with Crippen molar-refractivity contribution in [3.8, 4) is 0 Å². The van der Waals surface area contributed by atoms with Gasteiger partial charge in [-0.3, -0.25) is 0 Å². The molecule has 1 aliphatic rings. The van der Waals surface area contributed by atoms with Crippen LogP contribution in [0, 0.1) is 5.92 Å². The minimum absolute atomic E-state index is 0. The number of hydrogen-bond acceptors (Lipinski definition) is 3. The molecule has 0 bridgehead atoms. The third kappa shape index (κ3) is 5.08. The van der Waals surface area contributed by atoms with Crippen LogP contribution in [0.4, 0.5) is 13.2 Å². The number of alkyl halides is 3. The molecule has 24 heavy (non-hydrogen) atoms. The van der Waals surface area contributed by atoms with E-state index in [1.807, 2.05) is 7.05 Å². The van der Waals surface area contributed by atoms with E-state index in [4.69, 9.17) is 0 Å². The number of nitrogens with zero attached hydrogens (tertiary/aromatic N) is 1. The summed E-state index contributed by atoms with van der Waals surface area (Å²) in [4.78, 5) is -0.0841. The van der Waals surface area contributed by atoms with Gasteiger partial charge in [0.25, 0.3) is 0 Å². The van der Waals surface area contributed by atoms with Gasteiger partial charge in [-0.2, -0.15) is 17.5 Å². The molecule has 0 aromatic heterocycles. The second-order valence-electron chi connectivity index (χ2n) is 5.76. The molecule has 0 aliphatic carbocycles. The monoisotopic (exact) mass is 386 g/mol. The third-order valence-electron chi connectivity index (χ3n) is 4.20. The van der Waals surface area contributed by atoms with Crippen molar-refractivity contribution in [1.82, 2.24) is 9.62 Å². The number of hydrogen-bond donors (Lipinski definition) is 1. The molecule has 1 N–H and O–H groups in total. The zero-order chi connectivity index (χ0) is 17.1. The lowest BCUT2D eigenvalue weighted by Gasteiger charge is -2.31.